The molecule has 1 aromatic heterocycles. The van der Waals surface area contributed by atoms with E-state index in [0.717, 1.165) is 0 Å². The van der Waals surface area contributed by atoms with Gasteiger partial charge in [0.05, 0.1) is 17.0 Å². The quantitative estimate of drug-likeness (QED) is 0.464. The fraction of sp³-hybridized carbons (Fsp3) is 0.250. The van der Waals surface area contributed by atoms with Gasteiger partial charge in [0, 0.05) is 0 Å². The van der Waals surface area contributed by atoms with Crippen molar-refractivity contribution in [3.05, 3.63) is 23.0 Å². The lowest BCUT2D eigenvalue weighted by Gasteiger charge is -1.98. The van der Waals surface area contributed by atoms with E-state index in [-0.39, 0.29) is 5.56 Å². The molecule has 0 fully saturated rings. The highest BCUT2D eigenvalue weighted by atomic mass is 16.2. The first kappa shape index (κ1) is 9.22. The van der Waals surface area contributed by atoms with E-state index in [1.165, 1.54) is 12.1 Å². The fourth-order valence-electron chi connectivity index (χ4n) is 0.868. The van der Waals surface area contributed by atoms with Crippen molar-refractivity contribution >= 4 is 12.0 Å². The summed E-state index contributed by atoms with van der Waals surface area (Å²) in [5.74, 6) is -0.634. The summed E-state index contributed by atoms with van der Waals surface area (Å²) in [4.78, 5) is 23.9. The van der Waals surface area contributed by atoms with E-state index < -0.39 is 5.91 Å². The molecule has 0 saturated carbocycles. The molecule has 0 aromatic carbocycles. The van der Waals surface area contributed by atoms with Crippen LogP contribution in [-0.4, -0.2) is 22.2 Å². The smallest absolute Gasteiger partial charge is 0.266 e. The van der Waals surface area contributed by atoms with Crippen molar-refractivity contribution in [1.29, 1.82) is 0 Å². The molecule has 5 heteroatoms. The molecule has 0 aliphatic carbocycles. The van der Waals surface area contributed by atoms with Crippen molar-refractivity contribution in [3.8, 4) is 0 Å². The number of nitrogens with zero attached hydrogens (tertiary/aromatic N) is 3. The van der Waals surface area contributed by atoms with Crippen LogP contribution in [0.25, 0.3) is 0 Å². The Balaban J connectivity index is 3.20. The van der Waals surface area contributed by atoms with E-state index in [2.05, 4.69) is 15.2 Å². The van der Waals surface area contributed by atoms with Crippen LogP contribution >= 0.6 is 0 Å². The van der Waals surface area contributed by atoms with Crippen LogP contribution in [0.5, 0.6) is 0 Å². The number of aromatic nitrogens is 2. The van der Waals surface area contributed by atoms with E-state index in [4.69, 9.17) is 0 Å². The molecule has 0 unspecified atom stereocenters. The van der Waals surface area contributed by atoms with Crippen LogP contribution in [0.4, 0.5) is 0 Å². The van der Waals surface area contributed by atoms with Crippen LogP contribution in [-0.2, 0) is 4.79 Å². The van der Waals surface area contributed by atoms with Crippen molar-refractivity contribution in [2.75, 3.05) is 0 Å². The van der Waals surface area contributed by atoms with Gasteiger partial charge in [-0.1, -0.05) is 0 Å². The monoisotopic (exact) mass is 177 g/mol. The maximum absolute atomic E-state index is 11.1. The molecule has 1 heterocycles. The van der Waals surface area contributed by atoms with Crippen molar-refractivity contribution < 1.29 is 9.59 Å². The second kappa shape index (κ2) is 3.69. The number of amides is 1. The lowest BCUT2D eigenvalue weighted by molar-refractivity contribution is 0.100. The summed E-state index contributed by atoms with van der Waals surface area (Å²) in [6.45, 7) is 3.33. The molecular formula is C8H7N3O2. The summed E-state index contributed by atoms with van der Waals surface area (Å²) in [5.41, 5.74) is 1.35. The molecule has 0 saturated heterocycles. The van der Waals surface area contributed by atoms with E-state index >= 15 is 0 Å². The third-order valence-electron chi connectivity index (χ3n) is 1.48. The molecule has 5 nitrogen and oxygen atoms in total. The molecule has 1 rings (SSSR count). The minimum Gasteiger partial charge on any atom is -0.266 e. The maximum Gasteiger partial charge on any atom is 0.289 e. The topological polar surface area (TPSA) is 72.3 Å². The molecule has 0 spiro atoms. The van der Waals surface area contributed by atoms with Crippen LogP contribution in [0.1, 0.15) is 21.7 Å². The normalized spacial score (nSPS) is 9.08. The summed E-state index contributed by atoms with van der Waals surface area (Å²) < 4.78 is 0. The van der Waals surface area contributed by atoms with Gasteiger partial charge in [0.2, 0.25) is 6.08 Å². The largest absolute Gasteiger partial charge is 0.289 e. The summed E-state index contributed by atoms with van der Waals surface area (Å²) in [6, 6.07) is 1.53. The molecule has 0 radical (unpaired) electrons. The van der Waals surface area contributed by atoms with E-state index in [1.807, 2.05) is 0 Å². The first-order valence-corrected chi connectivity index (χ1v) is 3.58. The number of hydrogen-bond donors (Lipinski definition) is 0. The zero-order valence-corrected chi connectivity index (χ0v) is 7.24. The van der Waals surface area contributed by atoms with Gasteiger partial charge in [0.15, 0.2) is 0 Å². The van der Waals surface area contributed by atoms with Gasteiger partial charge in [-0.15, -0.1) is 4.99 Å². The van der Waals surface area contributed by atoms with Gasteiger partial charge in [-0.25, -0.2) is 4.79 Å². The van der Waals surface area contributed by atoms with Crippen molar-refractivity contribution in [2.24, 2.45) is 4.99 Å². The molecule has 1 aromatic rings. The first-order chi connectivity index (χ1) is 6.15. The predicted octanol–water partition coefficient (Wildman–Crippen LogP) is 0.569. The summed E-state index contributed by atoms with van der Waals surface area (Å²) in [6.07, 6.45) is 1.19. The Hall–Kier alpha value is -1.87. The molecule has 66 valence electrons. The van der Waals surface area contributed by atoms with Crippen LogP contribution < -0.4 is 0 Å². The Morgan fingerprint density at radius 3 is 2.77 bits per heavy atom. The van der Waals surface area contributed by atoms with Gasteiger partial charge in [-0.05, 0) is 19.9 Å². The van der Waals surface area contributed by atoms with Gasteiger partial charge in [0.1, 0.15) is 0 Å². The number of carbonyl (C=O) groups is 1. The molecule has 1 amide bonds. The van der Waals surface area contributed by atoms with Crippen LogP contribution in [0.15, 0.2) is 11.1 Å². The molecule has 0 aliphatic heterocycles. The summed E-state index contributed by atoms with van der Waals surface area (Å²) >= 11 is 0. The number of aliphatic imine (C=N–C) groups is 1. The molecule has 0 N–H and O–H groups in total. The minimum atomic E-state index is -0.634. The fourth-order valence-corrected chi connectivity index (χ4v) is 0.868. The second-order valence-corrected chi connectivity index (χ2v) is 2.49. The minimum absolute atomic E-state index is 0.288. The van der Waals surface area contributed by atoms with Gasteiger partial charge >= 0.3 is 0 Å². The Morgan fingerprint density at radius 2 is 2.15 bits per heavy atom. The third kappa shape index (κ3) is 2.04. The maximum atomic E-state index is 11.1. The molecule has 13 heavy (non-hydrogen) atoms. The Labute approximate surface area is 74.5 Å². The van der Waals surface area contributed by atoms with Crippen LogP contribution in [0, 0.1) is 13.8 Å². The van der Waals surface area contributed by atoms with Crippen LogP contribution in [0.2, 0.25) is 0 Å². The summed E-state index contributed by atoms with van der Waals surface area (Å²) in [5, 5.41) is 7.46. The zero-order valence-electron chi connectivity index (χ0n) is 7.24. The SMILES string of the molecule is Cc1cc(C(=O)N=C=O)c(C)nn1. The average molecular weight is 177 g/mol. The average Bonchev–Trinajstić information content (AvgIpc) is 2.09. The zero-order chi connectivity index (χ0) is 9.84. The van der Waals surface area contributed by atoms with E-state index in [9.17, 15) is 9.59 Å². The highest BCUT2D eigenvalue weighted by Crippen LogP contribution is 2.06. The number of rotatable bonds is 1. The standard InChI is InChI=1S/C8H7N3O2/c1-5-3-7(6(2)11-10-5)8(13)9-4-12/h3H,1-2H3. The van der Waals surface area contributed by atoms with Crippen molar-refractivity contribution in [3.63, 3.8) is 0 Å². The van der Waals surface area contributed by atoms with Gasteiger partial charge in [0.25, 0.3) is 5.91 Å². The first-order valence-electron chi connectivity index (χ1n) is 3.58. The Bertz CT molecular complexity index is 394. The molecule has 0 aliphatic rings. The number of carbonyl (C=O) groups excluding carboxylic acids is 2. The molecule has 0 bridgehead atoms. The molecule has 0 atom stereocenters. The highest BCUT2D eigenvalue weighted by Gasteiger charge is 2.09. The lowest BCUT2D eigenvalue weighted by Crippen LogP contribution is -2.03. The Kier molecular flexibility index (Phi) is 2.62. The lowest BCUT2D eigenvalue weighted by atomic mass is 10.2. The van der Waals surface area contributed by atoms with Crippen LogP contribution in [0.3, 0.4) is 0 Å². The molecular weight excluding hydrogens is 170 g/mol. The number of aryl methyl sites for hydroxylation is 2. The van der Waals surface area contributed by atoms with E-state index in [0.29, 0.717) is 11.4 Å². The number of isocyanates is 1. The van der Waals surface area contributed by atoms with Crippen molar-refractivity contribution in [1.82, 2.24) is 10.2 Å². The van der Waals surface area contributed by atoms with Crippen molar-refractivity contribution in [2.45, 2.75) is 13.8 Å². The highest BCUT2D eigenvalue weighted by molar-refractivity contribution is 5.98. The van der Waals surface area contributed by atoms with Gasteiger partial charge in [-0.2, -0.15) is 10.2 Å². The van der Waals surface area contributed by atoms with Gasteiger partial charge < -0.3 is 0 Å². The van der Waals surface area contributed by atoms with E-state index in [1.54, 1.807) is 13.8 Å². The number of hydrogen-bond acceptors (Lipinski definition) is 4. The Morgan fingerprint density at radius 1 is 1.46 bits per heavy atom. The summed E-state index contributed by atoms with van der Waals surface area (Å²) in [7, 11) is 0. The third-order valence-corrected chi connectivity index (χ3v) is 1.48. The van der Waals surface area contributed by atoms with Gasteiger partial charge in [-0.3, -0.25) is 4.79 Å². The predicted molar refractivity (Wildman–Crippen MR) is 44.0 cm³/mol. The second-order valence-electron chi connectivity index (χ2n) is 2.49.